The number of hydrogen-bond acceptors (Lipinski definition) is 6. The van der Waals surface area contributed by atoms with E-state index in [4.69, 9.17) is 4.98 Å². The highest BCUT2D eigenvalue weighted by Gasteiger charge is 2.26. The van der Waals surface area contributed by atoms with Crippen molar-refractivity contribution in [2.75, 3.05) is 44.2 Å². The molecule has 35 heavy (non-hydrogen) atoms. The largest absolute Gasteiger partial charge is 0.345 e. The number of aromatic nitrogens is 1. The van der Waals surface area contributed by atoms with E-state index in [0.29, 0.717) is 31.7 Å². The summed E-state index contributed by atoms with van der Waals surface area (Å²) >= 11 is 1.70. The molecule has 2 heterocycles. The smallest absolute Gasteiger partial charge is 0.253 e. The van der Waals surface area contributed by atoms with Gasteiger partial charge in [-0.1, -0.05) is 35.6 Å². The molecule has 0 unspecified atom stereocenters. The van der Waals surface area contributed by atoms with Crippen LogP contribution in [0, 0.1) is 13.8 Å². The van der Waals surface area contributed by atoms with Gasteiger partial charge in [-0.25, -0.2) is 13.4 Å². The van der Waals surface area contributed by atoms with E-state index in [1.807, 2.05) is 4.90 Å². The number of thiazole rings is 1. The zero-order chi connectivity index (χ0) is 25.2. The maximum atomic E-state index is 13.1. The lowest BCUT2D eigenvalue weighted by molar-refractivity contribution is 0.0746. The lowest BCUT2D eigenvalue weighted by Crippen LogP contribution is -2.48. The summed E-state index contributed by atoms with van der Waals surface area (Å²) in [6, 6.07) is 10.4. The third kappa shape index (κ3) is 5.03. The van der Waals surface area contributed by atoms with Crippen LogP contribution in [0.2, 0.25) is 0 Å². The molecule has 2 aromatic carbocycles. The Morgan fingerprint density at radius 1 is 1.00 bits per heavy atom. The van der Waals surface area contributed by atoms with Gasteiger partial charge in [-0.05, 0) is 49.2 Å². The number of fused-ring (bicyclic) bond motifs is 1. The Balaban J connectivity index is 1.43. The quantitative estimate of drug-likeness (QED) is 0.424. The Morgan fingerprint density at radius 2 is 1.60 bits per heavy atom. The van der Waals surface area contributed by atoms with Crippen LogP contribution in [0.1, 0.15) is 21.5 Å². The summed E-state index contributed by atoms with van der Waals surface area (Å²) in [5.41, 5.74) is 3.93. The van der Waals surface area contributed by atoms with Gasteiger partial charge in [0, 0.05) is 44.8 Å². The number of carbonyl (C=O) groups is 1. The average molecular weight is 511 g/mol. The van der Waals surface area contributed by atoms with Crippen molar-refractivity contribution in [2.45, 2.75) is 18.7 Å². The molecule has 1 aliphatic heterocycles. The monoisotopic (exact) mass is 510 g/mol. The first kappa shape index (κ1) is 25.1. The molecule has 0 atom stereocenters. The van der Waals surface area contributed by atoms with Crippen LogP contribution in [0.5, 0.6) is 0 Å². The van der Waals surface area contributed by atoms with E-state index in [-0.39, 0.29) is 23.9 Å². The number of amides is 1. The summed E-state index contributed by atoms with van der Waals surface area (Å²) < 4.78 is 28.3. The SMILES string of the molecule is C=CCN(CC=C)S(=O)(=O)c1ccc(C(=O)N2CCN(c3nc4c(C)ccc(C)c4s3)CC2)cc1. The molecular weight excluding hydrogens is 480 g/mol. The highest BCUT2D eigenvalue weighted by molar-refractivity contribution is 7.89. The molecule has 0 saturated carbocycles. The lowest BCUT2D eigenvalue weighted by atomic mass is 10.1. The van der Waals surface area contributed by atoms with Gasteiger partial charge in [-0.2, -0.15) is 4.31 Å². The van der Waals surface area contributed by atoms with E-state index in [1.165, 1.54) is 44.4 Å². The van der Waals surface area contributed by atoms with Gasteiger partial charge in [0.1, 0.15) is 0 Å². The highest BCUT2D eigenvalue weighted by Crippen LogP contribution is 2.33. The molecule has 0 aliphatic carbocycles. The van der Waals surface area contributed by atoms with Crippen LogP contribution < -0.4 is 4.90 Å². The molecule has 1 aliphatic rings. The van der Waals surface area contributed by atoms with E-state index in [2.05, 4.69) is 44.0 Å². The van der Waals surface area contributed by atoms with Crippen LogP contribution in [0.4, 0.5) is 5.13 Å². The number of piperazine rings is 1. The van der Waals surface area contributed by atoms with Crippen molar-refractivity contribution in [1.82, 2.24) is 14.2 Å². The van der Waals surface area contributed by atoms with Gasteiger partial charge in [0.05, 0.1) is 15.1 Å². The summed E-state index contributed by atoms with van der Waals surface area (Å²) in [7, 11) is -3.69. The number of anilines is 1. The number of rotatable bonds is 8. The third-order valence-corrected chi connectivity index (χ3v) is 9.27. The van der Waals surface area contributed by atoms with Crippen molar-refractivity contribution in [3.63, 3.8) is 0 Å². The van der Waals surface area contributed by atoms with Crippen LogP contribution in [-0.2, 0) is 10.0 Å². The number of nitrogens with zero attached hydrogens (tertiary/aromatic N) is 4. The normalized spacial score (nSPS) is 14.5. The molecule has 3 aromatic rings. The number of sulfonamides is 1. The van der Waals surface area contributed by atoms with Crippen molar-refractivity contribution in [3.05, 3.63) is 78.4 Å². The minimum Gasteiger partial charge on any atom is -0.345 e. The van der Waals surface area contributed by atoms with Gasteiger partial charge < -0.3 is 9.80 Å². The van der Waals surface area contributed by atoms with Gasteiger partial charge in [0.25, 0.3) is 5.91 Å². The average Bonchev–Trinajstić information content (AvgIpc) is 3.33. The molecular formula is C26H30N4O3S2. The van der Waals surface area contributed by atoms with Crippen LogP contribution in [-0.4, -0.2) is 67.8 Å². The maximum absolute atomic E-state index is 13.1. The summed E-state index contributed by atoms with van der Waals surface area (Å²) in [5.74, 6) is -0.0985. The van der Waals surface area contributed by atoms with E-state index < -0.39 is 10.0 Å². The van der Waals surface area contributed by atoms with Gasteiger partial charge in [-0.15, -0.1) is 13.2 Å². The number of benzene rings is 2. The fraction of sp³-hybridized carbons (Fsp3) is 0.308. The fourth-order valence-electron chi connectivity index (χ4n) is 4.14. The molecule has 4 rings (SSSR count). The van der Waals surface area contributed by atoms with Crippen LogP contribution in [0.25, 0.3) is 10.2 Å². The Kier molecular flexibility index (Phi) is 7.39. The van der Waals surface area contributed by atoms with Gasteiger partial charge >= 0.3 is 0 Å². The minimum absolute atomic E-state index is 0.0985. The standard InChI is InChI=1S/C26H30N4O3S2/c1-5-13-30(14-6-2)35(32,33)22-11-9-21(10-12-22)25(31)28-15-17-29(18-16-28)26-27-23-19(3)7-8-20(4)24(23)34-26/h5-12H,1-2,13-18H2,3-4H3. The van der Waals surface area contributed by atoms with Crippen LogP contribution in [0.15, 0.2) is 66.6 Å². The molecule has 0 N–H and O–H groups in total. The third-order valence-electron chi connectivity index (χ3n) is 6.17. The molecule has 7 nitrogen and oxygen atoms in total. The number of carbonyl (C=O) groups excluding carboxylic acids is 1. The second-order valence-electron chi connectivity index (χ2n) is 8.58. The molecule has 184 valence electrons. The molecule has 0 bridgehead atoms. The van der Waals surface area contributed by atoms with Crippen molar-refractivity contribution in [1.29, 1.82) is 0 Å². The first-order valence-electron chi connectivity index (χ1n) is 11.5. The van der Waals surface area contributed by atoms with Gasteiger partial charge in [-0.3, -0.25) is 4.79 Å². The van der Waals surface area contributed by atoms with E-state index in [9.17, 15) is 13.2 Å². The molecule has 9 heteroatoms. The van der Waals surface area contributed by atoms with Crippen molar-refractivity contribution in [3.8, 4) is 0 Å². The first-order chi connectivity index (χ1) is 16.8. The predicted molar refractivity (Wildman–Crippen MR) is 143 cm³/mol. The van der Waals surface area contributed by atoms with Crippen molar-refractivity contribution < 1.29 is 13.2 Å². The lowest BCUT2D eigenvalue weighted by Gasteiger charge is -2.34. The Hall–Kier alpha value is -3.01. The predicted octanol–water partition coefficient (Wildman–Crippen LogP) is 4.24. The van der Waals surface area contributed by atoms with Gasteiger partial charge in [0.2, 0.25) is 10.0 Å². The second-order valence-corrected chi connectivity index (χ2v) is 11.5. The summed E-state index contributed by atoms with van der Waals surface area (Å²) in [5, 5.41) is 0.989. The Bertz CT molecular complexity index is 1310. The van der Waals surface area contributed by atoms with E-state index in [1.54, 1.807) is 23.5 Å². The zero-order valence-corrected chi connectivity index (χ0v) is 21.7. The topological polar surface area (TPSA) is 73.8 Å². The molecule has 1 aromatic heterocycles. The van der Waals surface area contributed by atoms with E-state index >= 15 is 0 Å². The second kappa shape index (κ2) is 10.3. The molecule has 1 fully saturated rings. The zero-order valence-electron chi connectivity index (χ0n) is 20.1. The molecule has 1 amide bonds. The molecule has 1 saturated heterocycles. The summed E-state index contributed by atoms with van der Waals surface area (Å²) in [6.07, 6.45) is 3.07. The fourth-order valence-corrected chi connectivity index (χ4v) is 6.69. The Labute approximate surface area is 211 Å². The van der Waals surface area contributed by atoms with Gasteiger partial charge in [0.15, 0.2) is 5.13 Å². The maximum Gasteiger partial charge on any atom is 0.253 e. The van der Waals surface area contributed by atoms with Crippen LogP contribution in [0.3, 0.4) is 0 Å². The van der Waals surface area contributed by atoms with Crippen molar-refractivity contribution >= 4 is 42.6 Å². The van der Waals surface area contributed by atoms with Crippen LogP contribution >= 0.6 is 11.3 Å². The Morgan fingerprint density at radius 3 is 2.17 bits per heavy atom. The number of hydrogen-bond donors (Lipinski definition) is 0. The summed E-state index contributed by atoms with van der Waals surface area (Å²) in [6.45, 7) is 14.4. The summed E-state index contributed by atoms with van der Waals surface area (Å²) in [4.78, 5) is 22.1. The first-order valence-corrected chi connectivity index (χ1v) is 13.7. The van der Waals surface area contributed by atoms with Crippen molar-refractivity contribution in [2.24, 2.45) is 0 Å². The van der Waals surface area contributed by atoms with E-state index in [0.717, 1.165) is 10.6 Å². The highest BCUT2D eigenvalue weighted by atomic mass is 32.2. The number of aryl methyl sites for hydroxylation is 2. The molecule has 0 radical (unpaired) electrons. The minimum atomic E-state index is -3.69. The molecule has 0 spiro atoms.